The van der Waals surface area contributed by atoms with E-state index in [-0.39, 0.29) is 11.3 Å². The van der Waals surface area contributed by atoms with Gasteiger partial charge in [-0.25, -0.2) is 4.39 Å². The van der Waals surface area contributed by atoms with Crippen molar-refractivity contribution in [3.63, 3.8) is 0 Å². The Labute approximate surface area is 203 Å². The molecule has 35 heavy (non-hydrogen) atoms. The van der Waals surface area contributed by atoms with Gasteiger partial charge in [-0.1, -0.05) is 12.1 Å². The predicted molar refractivity (Wildman–Crippen MR) is 130 cm³/mol. The molecule has 8 heteroatoms. The number of pyridine rings is 2. The first-order valence-corrected chi connectivity index (χ1v) is 11.9. The van der Waals surface area contributed by atoms with E-state index in [1.165, 1.54) is 0 Å². The lowest BCUT2D eigenvalue weighted by Gasteiger charge is -2.56. The molecule has 0 aliphatic carbocycles. The Morgan fingerprint density at radius 2 is 2.09 bits per heavy atom. The first-order valence-electron chi connectivity index (χ1n) is 11.9. The Morgan fingerprint density at radius 1 is 1.20 bits per heavy atom. The smallest absolute Gasteiger partial charge is 0.255 e. The normalized spacial score (nSPS) is 20.1. The van der Waals surface area contributed by atoms with E-state index in [0.717, 1.165) is 54.4 Å². The van der Waals surface area contributed by atoms with E-state index in [1.54, 1.807) is 30.5 Å². The number of anilines is 2. The summed E-state index contributed by atoms with van der Waals surface area (Å²) in [5, 5.41) is 2.90. The number of aryl methyl sites for hydroxylation is 1. The van der Waals surface area contributed by atoms with Crippen molar-refractivity contribution >= 4 is 17.3 Å². The van der Waals surface area contributed by atoms with E-state index in [9.17, 15) is 9.18 Å². The van der Waals surface area contributed by atoms with Crippen LogP contribution in [0.5, 0.6) is 0 Å². The Hall–Kier alpha value is -3.36. The number of aromatic nitrogens is 2. The number of amides is 1. The lowest BCUT2D eigenvalue weighted by Crippen LogP contribution is -2.65. The van der Waals surface area contributed by atoms with Crippen molar-refractivity contribution in [3.05, 3.63) is 71.3 Å². The van der Waals surface area contributed by atoms with Crippen LogP contribution in [0, 0.1) is 12.3 Å². The highest BCUT2D eigenvalue weighted by molar-refractivity contribution is 6.04. The maximum absolute atomic E-state index is 13.0. The quantitative estimate of drug-likeness (QED) is 0.617. The van der Waals surface area contributed by atoms with Gasteiger partial charge in [0.2, 0.25) is 0 Å². The molecule has 3 aliphatic heterocycles. The summed E-state index contributed by atoms with van der Waals surface area (Å²) in [5.41, 5.74) is 6.49. The van der Waals surface area contributed by atoms with Gasteiger partial charge in [-0.3, -0.25) is 14.8 Å². The Balaban J connectivity index is 1.31. The molecule has 1 spiro atoms. The van der Waals surface area contributed by atoms with Gasteiger partial charge in [-0.2, -0.15) is 0 Å². The van der Waals surface area contributed by atoms with Crippen LogP contribution in [0.3, 0.4) is 0 Å². The van der Waals surface area contributed by atoms with Gasteiger partial charge >= 0.3 is 0 Å². The van der Waals surface area contributed by atoms with Crippen molar-refractivity contribution in [2.45, 2.75) is 26.1 Å². The van der Waals surface area contributed by atoms with Gasteiger partial charge in [0.1, 0.15) is 6.67 Å². The Kier molecular flexibility index (Phi) is 5.50. The maximum atomic E-state index is 13.0. The number of carbonyl (C=O) groups excluding carboxylic acids is 1. The third-order valence-electron chi connectivity index (χ3n) is 7.39. The lowest BCUT2D eigenvalue weighted by atomic mass is 9.70. The highest BCUT2D eigenvalue weighted by atomic mass is 19.1. The van der Waals surface area contributed by atoms with Crippen LogP contribution >= 0.6 is 0 Å². The van der Waals surface area contributed by atoms with Gasteiger partial charge in [-0.15, -0.1) is 0 Å². The number of rotatable bonds is 4. The molecule has 6 rings (SSSR count). The number of ether oxygens (including phenoxy) is 2. The SMILES string of the molecule is Cc1ncc(NC(=O)c2cccc(CF)c2)cc1-c1cnc2c(c1)N1CCOCC1C1(COC1)C2. The summed E-state index contributed by atoms with van der Waals surface area (Å²) in [6.45, 7) is 5.07. The summed E-state index contributed by atoms with van der Waals surface area (Å²) in [6.07, 6.45) is 4.42. The Bertz CT molecular complexity index is 1290. The minimum Gasteiger partial charge on any atom is -0.380 e. The average Bonchev–Trinajstić information content (AvgIpc) is 2.88. The summed E-state index contributed by atoms with van der Waals surface area (Å²) < 4.78 is 24.4. The number of alkyl halides is 1. The van der Waals surface area contributed by atoms with Crippen LogP contribution in [0.1, 0.15) is 27.3 Å². The van der Waals surface area contributed by atoms with E-state index in [1.807, 2.05) is 19.2 Å². The van der Waals surface area contributed by atoms with Crippen molar-refractivity contribution in [2.75, 3.05) is 43.2 Å². The number of hydrogen-bond donors (Lipinski definition) is 1. The number of hydrogen-bond acceptors (Lipinski definition) is 6. The van der Waals surface area contributed by atoms with Gasteiger partial charge in [0.25, 0.3) is 5.91 Å². The molecule has 0 radical (unpaired) electrons. The molecule has 5 heterocycles. The van der Waals surface area contributed by atoms with Crippen LogP contribution in [0.15, 0.2) is 48.8 Å². The standard InChI is InChI=1S/C27H27FN4O3/c1-17-22(9-21(13-29-17)31-26(33)19-4-2-3-18(7-19)11-28)20-8-24-23(30-12-20)10-27(15-35-16-27)25-14-34-6-5-32(24)25/h2-4,7-9,12-13,25H,5-6,10-11,14-16H2,1H3,(H,31,33). The van der Waals surface area contributed by atoms with Gasteiger partial charge in [0.15, 0.2) is 0 Å². The second-order valence-corrected chi connectivity index (χ2v) is 9.65. The largest absolute Gasteiger partial charge is 0.380 e. The van der Waals surface area contributed by atoms with Crippen molar-refractivity contribution < 1.29 is 18.7 Å². The fourth-order valence-electron chi connectivity index (χ4n) is 5.42. The minimum atomic E-state index is -0.610. The third-order valence-corrected chi connectivity index (χ3v) is 7.39. The number of nitrogens with one attached hydrogen (secondary N) is 1. The van der Waals surface area contributed by atoms with E-state index in [0.29, 0.717) is 36.1 Å². The summed E-state index contributed by atoms with van der Waals surface area (Å²) in [4.78, 5) is 24.6. The molecule has 1 unspecified atom stereocenters. The molecule has 1 aromatic carbocycles. The number of fused-ring (bicyclic) bond motifs is 4. The van der Waals surface area contributed by atoms with Crippen LogP contribution in [0.2, 0.25) is 0 Å². The number of nitrogens with zero attached hydrogens (tertiary/aromatic N) is 3. The topological polar surface area (TPSA) is 76.6 Å². The molecule has 1 atom stereocenters. The fraction of sp³-hybridized carbons (Fsp3) is 0.370. The molecule has 7 nitrogen and oxygen atoms in total. The minimum absolute atomic E-state index is 0.0864. The lowest BCUT2D eigenvalue weighted by molar-refractivity contribution is -0.146. The summed E-state index contributed by atoms with van der Waals surface area (Å²) >= 11 is 0. The monoisotopic (exact) mass is 474 g/mol. The molecule has 1 N–H and O–H groups in total. The molecule has 2 saturated heterocycles. The molecule has 0 saturated carbocycles. The predicted octanol–water partition coefficient (Wildman–Crippen LogP) is 3.95. The fourth-order valence-corrected chi connectivity index (χ4v) is 5.42. The molecule has 1 amide bonds. The number of morpholine rings is 1. The van der Waals surface area contributed by atoms with Gasteiger partial charge in [0.05, 0.1) is 55.7 Å². The highest BCUT2D eigenvalue weighted by Crippen LogP contribution is 2.47. The van der Waals surface area contributed by atoms with Crippen molar-refractivity contribution in [3.8, 4) is 11.1 Å². The second-order valence-electron chi connectivity index (χ2n) is 9.65. The first kappa shape index (κ1) is 22.1. The van der Waals surface area contributed by atoms with Crippen LogP contribution in [-0.4, -0.2) is 54.9 Å². The van der Waals surface area contributed by atoms with Crippen molar-refractivity contribution in [1.82, 2.24) is 9.97 Å². The third kappa shape index (κ3) is 3.86. The number of halogens is 1. The molecule has 2 fully saturated rings. The molecule has 3 aromatic rings. The zero-order valence-corrected chi connectivity index (χ0v) is 19.6. The molecule has 3 aliphatic rings. The second kappa shape index (κ2) is 8.70. The van der Waals surface area contributed by atoms with Crippen molar-refractivity contribution in [1.29, 1.82) is 0 Å². The van der Waals surface area contributed by atoms with Crippen LogP contribution < -0.4 is 10.2 Å². The van der Waals surface area contributed by atoms with E-state index in [2.05, 4.69) is 21.3 Å². The number of benzene rings is 1. The highest BCUT2D eigenvalue weighted by Gasteiger charge is 2.53. The summed E-state index contributed by atoms with van der Waals surface area (Å²) in [7, 11) is 0. The van der Waals surface area contributed by atoms with Gasteiger partial charge in [-0.05, 0) is 36.8 Å². The zero-order chi connectivity index (χ0) is 24.0. The molecule has 2 aromatic heterocycles. The van der Waals surface area contributed by atoms with Crippen LogP contribution in [0.4, 0.5) is 15.8 Å². The molecular formula is C27H27FN4O3. The van der Waals surface area contributed by atoms with Gasteiger partial charge in [0, 0.05) is 47.0 Å². The zero-order valence-electron chi connectivity index (χ0n) is 19.6. The van der Waals surface area contributed by atoms with E-state index >= 15 is 0 Å². The average molecular weight is 475 g/mol. The van der Waals surface area contributed by atoms with Crippen molar-refractivity contribution in [2.24, 2.45) is 5.41 Å². The van der Waals surface area contributed by atoms with Gasteiger partial charge < -0.3 is 19.7 Å². The number of carbonyl (C=O) groups is 1. The molecule has 0 bridgehead atoms. The van der Waals surface area contributed by atoms with E-state index in [4.69, 9.17) is 14.5 Å². The first-order chi connectivity index (χ1) is 17.1. The maximum Gasteiger partial charge on any atom is 0.255 e. The Morgan fingerprint density at radius 3 is 2.89 bits per heavy atom. The van der Waals surface area contributed by atoms with Crippen LogP contribution in [-0.2, 0) is 22.6 Å². The van der Waals surface area contributed by atoms with Crippen LogP contribution in [0.25, 0.3) is 11.1 Å². The summed E-state index contributed by atoms with van der Waals surface area (Å²) in [5.74, 6) is -0.301. The molecular weight excluding hydrogens is 447 g/mol. The van der Waals surface area contributed by atoms with E-state index < -0.39 is 6.67 Å². The molecule has 180 valence electrons. The summed E-state index contributed by atoms with van der Waals surface area (Å²) in [6, 6.07) is 11.0.